The molecular formula is C18H20ClN5O4S. The van der Waals surface area contributed by atoms with Crippen LogP contribution in [0.2, 0.25) is 5.02 Å². The highest BCUT2D eigenvalue weighted by molar-refractivity contribution is 7.89. The molecule has 3 rings (SSSR count). The van der Waals surface area contributed by atoms with E-state index in [2.05, 4.69) is 10.5 Å². The molecule has 1 N–H and O–H groups in total. The standard InChI is InChI=1S/C18H20ClN5O4S/c1-22-8-10-23(11-9-22)29(27,28)18-12-16(24(25)26)6-7-17(18)21-20-13-14-2-4-15(19)5-3-14/h2-7,12-13,21H,8-11H2,1H3. The Morgan fingerprint density at radius 1 is 1.14 bits per heavy atom. The fraction of sp³-hybridized carbons (Fsp3) is 0.278. The molecule has 0 radical (unpaired) electrons. The van der Waals surface area contributed by atoms with Gasteiger partial charge in [0.1, 0.15) is 4.90 Å². The van der Waals surface area contributed by atoms with Crippen molar-refractivity contribution in [1.82, 2.24) is 9.21 Å². The van der Waals surface area contributed by atoms with Gasteiger partial charge in [-0.25, -0.2) is 8.42 Å². The van der Waals surface area contributed by atoms with Crippen LogP contribution in [0, 0.1) is 10.1 Å². The zero-order chi connectivity index (χ0) is 21.0. The number of benzene rings is 2. The fourth-order valence-electron chi connectivity index (χ4n) is 2.82. The number of non-ortho nitro benzene ring substituents is 1. The Labute approximate surface area is 173 Å². The summed E-state index contributed by atoms with van der Waals surface area (Å²) in [7, 11) is -2.01. The maximum Gasteiger partial charge on any atom is 0.270 e. The topological polar surface area (TPSA) is 108 Å². The van der Waals surface area contributed by atoms with Gasteiger partial charge in [-0.3, -0.25) is 15.5 Å². The molecule has 0 atom stereocenters. The number of piperazine rings is 1. The summed E-state index contributed by atoms with van der Waals surface area (Å²) >= 11 is 5.85. The summed E-state index contributed by atoms with van der Waals surface area (Å²) in [6.45, 7) is 1.81. The molecule has 9 nitrogen and oxygen atoms in total. The third kappa shape index (κ3) is 5.10. The summed E-state index contributed by atoms with van der Waals surface area (Å²) < 4.78 is 27.6. The number of likely N-dealkylation sites (N-methyl/N-ethyl adjacent to an activating group) is 1. The Balaban J connectivity index is 1.90. The Kier molecular flexibility index (Phi) is 6.48. The maximum absolute atomic E-state index is 13.1. The number of rotatable bonds is 6. The molecule has 0 unspecified atom stereocenters. The second-order valence-corrected chi connectivity index (χ2v) is 8.91. The largest absolute Gasteiger partial charge is 0.304 e. The highest BCUT2D eigenvalue weighted by atomic mass is 35.5. The summed E-state index contributed by atoms with van der Waals surface area (Å²) in [4.78, 5) is 12.4. The average molecular weight is 438 g/mol. The highest BCUT2D eigenvalue weighted by Gasteiger charge is 2.31. The number of hydrogen-bond acceptors (Lipinski definition) is 7. The number of nitro groups is 1. The molecule has 1 heterocycles. The van der Waals surface area contributed by atoms with E-state index in [-0.39, 0.29) is 16.3 Å². The van der Waals surface area contributed by atoms with Crippen molar-refractivity contribution in [2.45, 2.75) is 4.90 Å². The number of nitrogens with one attached hydrogen (secondary N) is 1. The molecule has 0 spiro atoms. The van der Waals surface area contributed by atoms with Crippen LogP contribution in [0.25, 0.3) is 0 Å². The molecule has 1 saturated heterocycles. The lowest BCUT2D eigenvalue weighted by Gasteiger charge is -2.31. The molecule has 154 valence electrons. The third-order valence-corrected chi connectivity index (χ3v) is 6.72. The maximum atomic E-state index is 13.1. The average Bonchev–Trinajstić information content (AvgIpc) is 2.70. The van der Waals surface area contributed by atoms with Crippen molar-refractivity contribution in [3.05, 3.63) is 63.2 Å². The number of sulfonamides is 1. The number of nitro benzene ring substituents is 1. The molecule has 0 amide bonds. The van der Waals surface area contributed by atoms with E-state index in [0.717, 1.165) is 11.6 Å². The first-order valence-electron chi connectivity index (χ1n) is 8.79. The van der Waals surface area contributed by atoms with Gasteiger partial charge in [-0.2, -0.15) is 9.41 Å². The normalized spacial score (nSPS) is 16.2. The Morgan fingerprint density at radius 3 is 2.41 bits per heavy atom. The van der Waals surface area contributed by atoms with Gasteiger partial charge in [0, 0.05) is 43.3 Å². The van der Waals surface area contributed by atoms with Crippen LogP contribution in [0.4, 0.5) is 11.4 Å². The number of anilines is 1. The zero-order valence-corrected chi connectivity index (χ0v) is 17.2. The van der Waals surface area contributed by atoms with Gasteiger partial charge in [-0.05, 0) is 30.8 Å². The lowest BCUT2D eigenvalue weighted by molar-refractivity contribution is -0.385. The minimum absolute atomic E-state index is 0.166. The number of hydrazone groups is 1. The molecule has 1 aliphatic rings. The Bertz CT molecular complexity index is 1020. The van der Waals surface area contributed by atoms with Gasteiger partial charge in [0.25, 0.3) is 5.69 Å². The van der Waals surface area contributed by atoms with Crippen molar-refractivity contribution in [3.63, 3.8) is 0 Å². The van der Waals surface area contributed by atoms with E-state index in [4.69, 9.17) is 11.6 Å². The van der Waals surface area contributed by atoms with E-state index in [1.807, 2.05) is 11.9 Å². The van der Waals surface area contributed by atoms with E-state index >= 15 is 0 Å². The van der Waals surface area contributed by atoms with Crippen molar-refractivity contribution in [1.29, 1.82) is 0 Å². The van der Waals surface area contributed by atoms with Crippen LogP contribution in [0.5, 0.6) is 0 Å². The molecule has 1 aliphatic heterocycles. The Morgan fingerprint density at radius 2 is 1.79 bits per heavy atom. The second-order valence-electron chi connectivity index (χ2n) is 6.57. The van der Waals surface area contributed by atoms with Gasteiger partial charge in [0.2, 0.25) is 10.0 Å². The lowest BCUT2D eigenvalue weighted by Crippen LogP contribution is -2.47. The van der Waals surface area contributed by atoms with Crippen molar-refractivity contribution in [2.24, 2.45) is 5.10 Å². The number of halogens is 1. The number of hydrogen-bond donors (Lipinski definition) is 1. The minimum Gasteiger partial charge on any atom is -0.304 e. The highest BCUT2D eigenvalue weighted by Crippen LogP contribution is 2.29. The zero-order valence-electron chi connectivity index (χ0n) is 15.7. The van der Waals surface area contributed by atoms with Gasteiger partial charge < -0.3 is 4.90 Å². The van der Waals surface area contributed by atoms with Crippen LogP contribution in [0.1, 0.15) is 5.56 Å². The van der Waals surface area contributed by atoms with Gasteiger partial charge in [0.05, 0.1) is 16.8 Å². The molecule has 0 saturated carbocycles. The summed E-state index contributed by atoms with van der Waals surface area (Å²) in [5, 5.41) is 15.8. The van der Waals surface area contributed by atoms with Crippen LogP contribution in [0.15, 0.2) is 52.5 Å². The quantitative estimate of drug-likeness (QED) is 0.422. The summed E-state index contributed by atoms with van der Waals surface area (Å²) in [6.07, 6.45) is 1.50. The first-order chi connectivity index (χ1) is 13.8. The second kappa shape index (κ2) is 8.87. The smallest absolute Gasteiger partial charge is 0.270 e. The van der Waals surface area contributed by atoms with E-state index in [1.165, 1.54) is 22.7 Å². The van der Waals surface area contributed by atoms with Gasteiger partial charge in [0.15, 0.2) is 0 Å². The summed E-state index contributed by atoms with van der Waals surface area (Å²) in [6, 6.07) is 10.6. The van der Waals surface area contributed by atoms with Crippen LogP contribution >= 0.6 is 11.6 Å². The molecule has 0 bridgehead atoms. The minimum atomic E-state index is -3.92. The molecule has 11 heteroatoms. The van der Waals surface area contributed by atoms with Crippen molar-refractivity contribution in [3.8, 4) is 0 Å². The van der Waals surface area contributed by atoms with Crippen molar-refractivity contribution in [2.75, 3.05) is 38.7 Å². The SMILES string of the molecule is CN1CCN(S(=O)(=O)c2cc([N+](=O)[O-])ccc2NN=Cc2ccc(Cl)cc2)CC1. The molecule has 2 aromatic rings. The summed E-state index contributed by atoms with van der Waals surface area (Å²) in [5.41, 5.74) is 3.32. The van der Waals surface area contributed by atoms with Gasteiger partial charge in [-0.15, -0.1) is 0 Å². The van der Waals surface area contributed by atoms with Crippen molar-refractivity contribution < 1.29 is 13.3 Å². The summed E-state index contributed by atoms with van der Waals surface area (Å²) in [5.74, 6) is 0. The first kappa shape index (κ1) is 21.2. The number of nitrogens with zero attached hydrogens (tertiary/aromatic N) is 4. The molecule has 29 heavy (non-hydrogen) atoms. The molecule has 0 aliphatic carbocycles. The predicted octanol–water partition coefficient (Wildman–Crippen LogP) is 2.63. The van der Waals surface area contributed by atoms with Gasteiger partial charge in [-0.1, -0.05) is 23.7 Å². The monoisotopic (exact) mass is 437 g/mol. The Hall–Kier alpha value is -2.53. The third-order valence-electron chi connectivity index (χ3n) is 4.52. The van der Waals surface area contributed by atoms with E-state index in [1.54, 1.807) is 24.3 Å². The molecule has 0 aromatic heterocycles. The van der Waals surface area contributed by atoms with E-state index in [0.29, 0.717) is 31.2 Å². The first-order valence-corrected chi connectivity index (χ1v) is 10.6. The van der Waals surface area contributed by atoms with Crippen LogP contribution in [-0.4, -0.2) is 62.0 Å². The predicted molar refractivity (Wildman–Crippen MR) is 112 cm³/mol. The van der Waals surface area contributed by atoms with Crippen LogP contribution in [0.3, 0.4) is 0 Å². The van der Waals surface area contributed by atoms with Crippen LogP contribution in [-0.2, 0) is 10.0 Å². The van der Waals surface area contributed by atoms with E-state index in [9.17, 15) is 18.5 Å². The van der Waals surface area contributed by atoms with E-state index < -0.39 is 14.9 Å². The fourth-order valence-corrected chi connectivity index (χ4v) is 4.53. The molecule has 1 fully saturated rings. The molecule has 2 aromatic carbocycles. The van der Waals surface area contributed by atoms with Crippen molar-refractivity contribution >= 4 is 39.2 Å². The van der Waals surface area contributed by atoms with Gasteiger partial charge >= 0.3 is 0 Å². The molecular weight excluding hydrogens is 418 g/mol. The van der Waals surface area contributed by atoms with Crippen LogP contribution < -0.4 is 5.43 Å². The lowest BCUT2D eigenvalue weighted by atomic mass is 10.2.